The van der Waals surface area contributed by atoms with Gasteiger partial charge in [0, 0.05) is 12.0 Å². The molecule has 152 valence electrons. The number of nitrogens with zero attached hydrogens (tertiary/aromatic N) is 2. The Kier molecular flexibility index (Phi) is 6.84. The second kappa shape index (κ2) is 9.73. The number of hydrogen-bond acceptors (Lipinski definition) is 7. The Labute approximate surface area is 169 Å². The van der Waals surface area contributed by atoms with Crippen LogP contribution in [0.1, 0.15) is 30.4 Å². The molecule has 0 aliphatic heterocycles. The van der Waals surface area contributed by atoms with Crippen LogP contribution in [0.5, 0.6) is 11.5 Å². The summed E-state index contributed by atoms with van der Waals surface area (Å²) < 4.78 is 21.6. The molecule has 0 aliphatic carbocycles. The van der Waals surface area contributed by atoms with Crippen molar-refractivity contribution in [3.63, 3.8) is 0 Å². The standard InChI is InChI=1S/C22H24N2O5/c1-4-27-21(25)11-10-20-23-22(24-29-20)17-13-18(26-3)19(12-15(17)2)28-14-16-8-6-5-7-9-16/h5-9,12-13H,4,10-11,14H2,1-3H3. The minimum atomic E-state index is -0.287. The zero-order valence-electron chi connectivity index (χ0n) is 16.8. The third kappa shape index (κ3) is 5.34. The van der Waals surface area contributed by atoms with Crippen LogP contribution >= 0.6 is 0 Å². The van der Waals surface area contributed by atoms with E-state index in [1.54, 1.807) is 14.0 Å². The number of aryl methyl sites for hydroxylation is 2. The molecule has 29 heavy (non-hydrogen) atoms. The van der Waals surface area contributed by atoms with E-state index in [1.165, 1.54) is 0 Å². The maximum Gasteiger partial charge on any atom is 0.306 e. The molecule has 0 N–H and O–H groups in total. The fourth-order valence-electron chi connectivity index (χ4n) is 2.82. The van der Waals surface area contributed by atoms with E-state index in [0.717, 1.165) is 16.7 Å². The van der Waals surface area contributed by atoms with Gasteiger partial charge >= 0.3 is 5.97 Å². The molecule has 3 aromatic rings. The summed E-state index contributed by atoms with van der Waals surface area (Å²) in [6, 6.07) is 13.6. The minimum absolute atomic E-state index is 0.198. The smallest absolute Gasteiger partial charge is 0.306 e. The Morgan fingerprint density at radius 3 is 2.66 bits per heavy atom. The van der Waals surface area contributed by atoms with Crippen molar-refractivity contribution in [2.24, 2.45) is 0 Å². The molecule has 0 saturated carbocycles. The molecule has 7 heteroatoms. The van der Waals surface area contributed by atoms with Crippen molar-refractivity contribution in [1.29, 1.82) is 0 Å². The van der Waals surface area contributed by atoms with Gasteiger partial charge in [-0.2, -0.15) is 4.98 Å². The number of methoxy groups -OCH3 is 1. The maximum absolute atomic E-state index is 11.5. The third-order valence-corrected chi connectivity index (χ3v) is 4.31. The van der Waals surface area contributed by atoms with E-state index in [-0.39, 0.29) is 12.4 Å². The van der Waals surface area contributed by atoms with Gasteiger partial charge in [0.25, 0.3) is 0 Å². The van der Waals surface area contributed by atoms with Crippen LogP contribution in [0, 0.1) is 6.92 Å². The summed E-state index contributed by atoms with van der Waals surface area (Å²) in [4.78, 5) is 15.9. The predicted octanol–water partition coefficient (Wildman–Crippen LogP) is 4.13. The summed E-state index contributed by atoms with van der Waals surface area (Å²) in [7, 11) is 1.59. The second-order valence-electron chi connectivity index (χ2n) is 6.41. The van der Waals surface area contributed by atoms with Gasteiger partial charge in [0.05, 0.1) is 20.1 Å². The van der Waals surface area contributed by atoms with Crippen molar-refractivity contribution in [3.8, 4) is 22.9 Å². The highest BCUT2D eigenvalue weighted by molar-refractivity contribution is 5.69. The Bertz CT molecular complexity index is 953. The van der Waals surface area contributed by atoms with Crippen molar-refractivity contribution in [2.75, 3.05) is 13.7 Å². The second-order valence-corrected chi connectivity index (χ2v) is 6.41. The lowest BCUT2D eigenvalue weighted by atomic mass is 10.1. The average Bonchev–Trinajstić information content (AvgIpc) is 3.20. The summed E-state index contributed by atoms with van der Waals surface area (Å²) >= 11 is 0. The number of carbonyl (C=O) groups is 1. The van der Waals surface area contributed by atoms with Crippen LogP contribution in [-0.2, 0) is 22.6 Å². The number of carbonyl (C=O) groups excluding carboxylic acids is 1. The van der Waals surface area contributed by atoms with Crippen LogP contribution in [0.25, 0.3) is 11.4 Å². The molecule has 0 fully saturated rings. The highest BCUT2D eigenvalue weighted by atomic mass is 16.5. The molecule has 0 atom stereocenters. The first-order valence-corrected chi connectivity index (χ1v) is 9.44. The summed E-state index contributed by atoms with van der Waals surface area (Å²) in [6.07, 6.45) is 0.532. The van der Waals surface area contributed by atoms with Crippen LogP contribution in [0.15, 0.2) is 47.0 Å². The summed E-state index contributed by atoms with van der Waals surface area (Å²) in [6.45, 7) is 4.51. The van der Waals surface area contributed by atoms with E-state index in [4.69, 9.17) is 18.7 Å². The van der Waals surface area contributed by atoms with Crippen LogP contribution in [0.3, 0.4) is 0 Å². The van der Waals surface area contributed by atoms with Gasteiger partial charge in [-0.15, -0.1) is 0 Å². The molecule has 7 nitrogen and oxygen atoms in total. The third-order valence-electron chi connectivity index (χ3n) is 4.31. The first-order chi connectivity index (χ1) is 14.1. The zero-order valence-corrected chi connectivity index (χ0v) is 16.8. The molecule has 0 aliphatic rings. The molecule has 0 amide bonds. The summed E-state index contributed by atoms with van der Waals surface area (Å²) in [5.74, 6) is 1.76. The Balaban J connectivity index is 1.74. The lowest BCUT2D eigenvalue weighted by Gasteiger charge is -2.13. The number of hydrogen-bond donors (Lipinski definition) is 0. The van der Waals surface area contributed by atoms with Crippen molar-refractivity contribution >= 4 is 5.97 Å². The molecule has 1 heterocycles. The molecular formula is C22H24N2O5. The molecule has 1 aromatic heterocycles. The first-order valence-electron chi connectivity index (χ1n) is 9.44. The van der Waals surface area contributed by atoms with Gasteiger partial charge in [0.2, 0.25) is 11.7 Å². The molecule has 0 bridgehead atoms. The Morgan fingerprint density at radius 2 is 1.93 bits per heavy atom. The van der Waals surface area contributed by atoms with Crippen molar-refractivity contribution in [3.05, 3.63) is 59.5 Å². The fraction of sp³-hybridized carbons (Fsp3) is 0.318. The molecule has 3 rings (SSSR count). The molecule has 2 aromatic carbocycles. The summed E-state index contributed by atoms with van der Waals surface area (Å²) in [5.41, 5.74) is 2.77. The quantitative estimate of drug-likeness (QED) is 0.503. The van der Waals surface area contributed by atoms with Crippen LogP contribution in [0.4, 0.5) is 0 Å². The molecular weight excluding hydrogens is 372 g/mol. The van der Waals surface area contributed by atoms with E-state index in [0.29, 0.717) is 42.8 Å². The Hall–Kier alpha value is -3.35. The normalized spacial score (nSPS) is 10.6. The zero-order chi connectivity index (χ0) is 20.6. The van der Waals surface area contributed by atoms with E-state index in [9.17, 15) is 4.79 Å². The number of benzene rings is 2. The SMILES string of the molecule is CCOC(=O)CCc1nc(-c2cc(OC)c(OCc3ccccc3)cc2C)no1. The van der Waals surface area contributed by atoms with Crippen LogP contribution in [0.2, 0.25) is 0 Å². The number of rotatable bonds is 9. The Morgan fingerprint density at radius 1 is 1.14 bits per heavy atom. The summed E-state index contributed by atoms with van der Waals surface area (Å²) in [5, 5.41) is 4.04. The van der Waals surface area contributed by atoms with E-state index < -0.39 is 0 Å². The molecule has 0 saturated heterocycles. The maximum atomic E-state index is 11.5. The van der Waals surface area contributed by atoms with Crippen molar-refractivity contribution in [2.45, 2.75) is 33.3 Å². The largest absolute Gasteiger partial charge is 0.493 e. The number of esters is 1. The molecule has 0 unspecified atom stereocenters. The van der Waals surface area contributed by atoms with Crippen LogP contribution < -0.4 is 9.47 Å². The van der Waals surface area contributed by atoms with E-state index in [1.807, 2.05) is 49.4 Å². The average molecular weight is 396 g/mol. The van der Waals surface area contributed by atoms with Crippen molar-refractivity contribution < 1.29 is 23.5 Å². The van der Waals surface area contributed by atoms with Gasteiger partial charge in [0.1, 0.15) is 6.61 Å². The van der Waals surface area contributed by atoms with Gasteiger partial charge < -0.3 is 18.7 Å². The van der Waals surface area contributed by atoms with Gasteiger partial charge in [-0.1, -0.05) is 35.5 Å². The highest BCUT2D eigenvalue weighted by Crippen LogP contribution is 2.35. The fourth-order valence-corrected chi connectivity index (χ4v) is 2.82. The van der Waals surface area contributed by atoms with E-state index >= 15 is 0 Å². The number of ether oxygens (including phenoxy) is 3. The van der Waals surface area contributed by atoms with Crippen LogP contribution in [-0.4, -0.2) is 29.8 Å². The first kappa shape index (κ1) is 20.4. The lowest BCUT2D eigenvalue weighted by molar-refractivity contribution is -0.143. The van der Waals surface area contributed by atoms with Gasteiger partial charge in [-0.25, -0.2) is 0 Å². The predicted molar refractivity (Wildman–Crippen MR) is 107 cm³/mol. The molecule has 0 spiro atoms. The van der Waals surface area contributed by atoms with Gasteiger partial charge in [-0.3, -0.25) is 4.79 Å². The van der Waals surface area contributed by atoms with Gasteiger partial charge in [0.15, 0.2) is 11.5 Å². The number of aromatic nitrogens is 2. The highest BCUT2D eigenvalue weighted by Gasteiger charge is 2.16. The van der Waals surface area contributed by atoms with Crippen molar-refractivity contribution in [1.82, 2.24) is 10.1 Å². The topological polar surface area (TPSA) is 83.7 Å². The monoisotopic (exact) mass is 396 g/mol. The lowest BCUT2D eigenvalue weighted by Crippen LogP contribution is -2.05. The minimum Gasteiger partial charge on any atom is -0.493 e. The van der Waals surface area contributed by atoms with Gasteiger partial charge in [-0.05, 0) is 37.1 Å². The van der Waals surface area contributed by atoms with E-state index in [2.05, 4.69) is 10.1 Å². The molecule has 0 radical (unpaired) electrons.